The smallest absolute Gasteiger partial charge is 0.100 e. The number of hydrogen-bond donors (Lipinski definition) is 2. The number of fused-ring (bicyclic) bond motifs is 1. The van der Waals surface area contributed by atoms with Gasteiger partial charge in [0.05, 0.1) is 0 Å². The average Bonchev–Trinajstić information content (AvgIpc) is 3.07. The van der Waals surface area contributed by atoms with Crippen LogP contribution in [0.1, 0.15) is 41.8 Å². The highest BCUT2D eigenvalue weighted by atomic mass is 32.1. The van der Waals surface area contributed by atoms with Crippen molar-refractivity contribution in [3.63, 3.8) is 0 Å². The molecule has 0 aliphatic heterocycles. The normalized spacial score (nSPS) is 21.9. The lowest BCUT2D eigenvalue weighted by atomic mass is 9.92. The van der Waals surface area contributed by atoms with E-state index in [0.717, 1.165) is 5.56 Å². The predicted octanol–water partition coefficient (Wildman–Crippen LogP) is 3.68. The fourth-order valence-electron chi connectivity index (χ4n) is 2.69. The molecule has 2 heterocycles. The lowest BCUT2D eigenvalue weighted by molar-refractivity contribution is 0.0535. The zero-order chi connectivity index (χ0) is 13.3. The molecule has 1 aliphatic rings. The van der Waals surface area contributed by atoms with Crippen molar-refractivity contribution in [3.8, 4) is 0 Å². The molecule has 0 amide bonds. The molecule has 19 heavy (non-hydrogen) atoms. The van der Waals surface area contributed by atoms with Gasteiger partial charge in [-0.3, -0.25) is 0 Å². The summed E-state index contributed by atoms with van der Waals surface area (Å²) in [6.45, 7) is 2.49. The molecule has 0 spiro atoms. The molecular formula is C15H19NOS2. The minimum atomic E-state index is -0.784. The van der Waals surface area contributed by atoms with Crippen LogP contribution >= 0.6 is 22.7 Å². The summed E-state index contributed by atoms with van der Waals surface area (Å²) in [7, 11) is 0. The molecule has 0 bridgehead atoms. The summed E-state index contributed by atoms with van der Waals surface area (Å²) in [5.41, 5.74) is 1.66. The van der Waals surface area contributed by atoms with E-state index in [4.69, 9.17) is 0 Å². The van der Waals surface area contributed by atoms with Crippen molar-refractivity contribution in [1.82, 2.24) is 5.32 Å². The fraction of sp³-hybridized carbons (Fsp3) is 0.467. The van der Waals surface area contributed by atoms with E-state index in [-0.39, 0.29) is 0 Å². The monoisotopic (exact) mass is 293 g/mol. The number of aliphatic hydroxyl groups is 1. The Morgan fingerprint density at radius 3 is 3.11 bits per heavy atom. The summed E-state index contributed by atoms with van der Waals surface area (Å²) in [5.74, 6) is 0. The van der Waals surface area contributed by atoms with Gasteiger partial charge in [0, 0.05) is 17.5 Å². The van der Waals surface area contributed by atoms with Gasteiger partial charge in [0.2, 0.25) is 0 Å². The van der Waals surface area contributed by atoms with Crippen molar-refractivity contribution in [2.24, 2.45) is 0 Å². The van der Waals surface area contributed by atoms with Crippen molar-refractivity contribution in [3.05, 3.63) is 44.3 Å². The average molecular weight is 293 g/mol. The molecule has 0 fully saturated rings. The van der Waals surface area contributed by atoms with Crippen molar-refractivity contribution >= 4 is 22.7 Å². The van der Waals surface area contributed by atoms with Crippen LogP contribution in [-0.2, 0) is 12.0 Å². The third-order valence-electron chi connectivity index (χ3n) is 3.89. The van der Waals surface area contributed by atoms with Crippen LogP contribution in [0, 0.1) is 0 Å². The third kappa shape index (κ3) is 2.77. The maximum absolute atomic E-state index is 10.6. The van der Waals surface area contributed by atoms with Crippen LogP contribution in [0.5, 0.6) is 0 Å². The molecule has 2 aromatic heterocycles. The Balaban J connectivity index is 1.68. The lowest BCUT2D eigenvalue weighted by Gasteiger charge is -2.29. The molecule has 2 N–H and O–H groups in total. The maximum Gasteiger partial charge on any atom is 0.100 e. The van der Waals surface area contributed by atoms with E-state index in [1.807, 2.05) is 35.1 Å². The Morgan fingerprint density at radius 1 is 1.42 bits per heavy atom. The summed E-state index contributed by atoms with van der Waals surface area (Å²) < 4.78 is 0. The van der Waals surface area contributed by atoms with Gasteiger partial charge in [0.25, 0.3) is 0 Å². The molecule has 0 saturated heterocycles. The minimum absolute atomic E-state index is 0.403. The summed E-state index contributed by atoms with van der Waals surface area (Å²) in [6, 6.07) is 4.64. The van der Waals surface area contributed by atoms with Gasteiger partial charge < -0.3 is 10.4 Å². The van der Waals surface area contributed by atoms with Gasteiger partial charge in [-0.1, -0.05) is 0 Å². The molecule has 2 aromatic rings. The Hall–Kier alpha value is -0.680. The quantitative estimate of drug-likeness (QED) is 0.901. The molecule has 2 unspecified atom stereocenters. The lowest BCUT2D eigenvalue weighted by Crippen LogP contribution is -2.37. The van der Waals surface area contributed by atoms with Gasteiger partial charge in [0.15, 0.2) is 0 Å². The van der Waals surface area contributed by atoms with Crippen LogP contribution in [0.25, 0.3) is 0 Å². The van der Waals surface area contributed by atoms with Gasteiger partial charge in [-0.05, 0) is 65.6 Å². The van der Waals surface area contributed by atoms with Gasteiger partial charge in [0.1, 0.15) is 5.60 Å². The molecule has 2 nitrogen and oxygen atoms in total. The Morgan fingerprint density at radius 2 is 2.32 bits per heavy atom. The van der Waals surface area contributed by atoms with Crippen LogP contribution in [0.2, 0.25) is 0 Å². The van der Waals surface area contributed by atoms with E-state index < -0.39 is 5.60 Å². The summed E-state index contributed by atoms with van der Waals surface area (Å²) in [4.78, 5) is 1.51. The molecule has 0 saturated carbocycles. The first-order chi connectivity index (χ1) is 9.17. The molecule has 4 heteroatoms. The largest absolute Gasteiger partial charge is 0.384 e. The van der Waals surface area contributed by atoms with E-state index in [1.54, 1.807) is 11.3 Å². The standard InChI is InChI=1S/C15H19NOS2/c1-15(17,11-5-7-18-9-11)10-16-13-3-2-4-14-12(13)6-8-19-14/h5-9,13,16-17H,2-4,10H2,1H3. The van der Waals surface area contributed by atoms with E-state index in [2.05, 4.69) is 16.8 Å². The highest BCUT2D eigenvalue weighted by molar-refractivity contribution is 7.10. The van der Waals surface area contributed by atoms with Crippen LogP contribution in [0.15, 0.2) is 28.3 Å². The summed E-state index contributed by atoms with van der Waals surface area (Å²) >= 11 is 3.49. The van der Waals surface area contributed by atoms with Gasteiger partial charge in [-0.25, -0.2) is 0 Å². The van der Waals surface area contributed by atoms with Crippen molar-refractivity contribution in [2.75, 3.05) is 6.54 Å². The first kappa shape index (κ1) is 13.3. The second kappa shape index (κ2) is 5.37. The first-order valence-electron chi connectivity index (χ1n) is 6.71. The minimum Gasteiger partial charge on any atom is -0.384 e. The van der Waals surface area contributed by atoms with Crippen LogP contribution < -0.4 is 5.32 Å². The van der Waals surface area contributed by atoms with E-state index in [9.17, 15) is 5.11 Å². The van der Waals surface area contributed by atoms with Crippen molar-refractivity contribution in [2.45, 2.75) is 37.8 Å². The molecular weight excluding hydrogens is 274 g/mol. The zero-order valence-corrected chi connectivity index (χ0v) is 12.7. The second-order valence-electron chi connectivity index (χ2n) is 5.41. The van der Waals surface area contributed by atoms with Crippen LogP contribution in [0.3, 0.4) is 0 Å². The van der Waals surface area contributed by atoms with Crippen molar-refractivity contribution in [1.29, 1.82) is 0 Å². The topological polar surface area (TPSA) is 32.3 Å². The highest BCUT2D eigenvalue weighted by Crippen LogP contribution is 2.34. The number of nitrogens with one attached hydrogen (secondary N) is 1. The van der Waals surface area contributed by atoms with E-state index >= 15 is 0 Å². The van der Waals surface area contributed by atoms with Crippen LogP contribution in [-0.4, -0.2) is 11.7 Å². The molecule has 1 aliphatic carbocycles. The zero-order valence-electron chi connectivity index (χ0n) is 11.1. The van der Waals surface area contributed by atoms with Crippen LogP contribution in [0.4, 0.5) is 0 Å². The first-order valence-corrected chi connectivity index (χ1v) is 8.54. The highest BCUT2D eigenvalue weighted by Gasteiger charge is 2.27. The maximum atomic E-state index is 10.6. The molecule has 0 radical (unpaired) electrons. The van der Waals surface area contributed by atoms with Crippen molar-refractivity contribution < 1.29 is 5.11 Å². The van der Waals surface area contributed by atoms with E-state index in [0.29, 0.717) is 12.6 Å². The number of hydrogen-bond acceptors (Lipinski definition) is 4. The predicted molar refractivity (Wildman–Crippen MR) is 81.9 cm³/mol. The van der Waals surface area contributed by atoms with Gasteiger partial charge >= 0.3 is 0 Å². The number of thiophene rings is 2. The summed E-state index contributed by atoms with van der Waals surface area (Å²) in [5, 5.41) is 20.3. The fourth-order valence-corrected chi connectivity index (χ4v) is 4.46. The number of aryl methyl sites for hydroxylation is 1. The molecule has 0 aromatic carbocycles. The molecule has 3 rings (SSSR count). The van der Waals surface area contributed by atoms with Gasteiger partial charge in [-0.2, -0.15) is 11.3 Å². The molecule has 2 atom stereocenters. The Kier molecular flexibility index (Phi) is 3.76. The summed E-state index contributed by atoms with van der Waals surface area (Å²) in [6.07, 6.45) is 3.63. The third-order valence-corrected chi connectivity index (χ3v) is 5.57. The SMILES string of the molecule is CC(O)(CNC1CCCc2sccc21)c1ccsc1. The van der Waals surface area contributed by atoms with E-state index in [1.165, 1.54) is 29.7 Å². The van der Waals surface area contributed by atoms with Gasteiger partial charge in [-0.15, -0.1) is 11.3 Å². The Bertz CT molecular complexity index is 530. The molecule has 102 valence electrons. The Labute approximate surface area is 122 Å². The number of rotatable bonds is 4. The second-order valence-corrected chi connectivity index (χ2v) is 7.19.